The summed E-state index contributed by atoms with van der Waals surface area (Å²) in [4.78, 5) is 27.0. The van der Waals surface area contributed by atoms with Gasteiger partial charge in [-0.05, 0) is 117 Å². The number of carbonyl (C=O) groups is 2. The van der Waals surface area contributed by atoms with Crippen molar-refractivity contribution in [3.8, 4) is 5.75 Å². The molecule has 0 unspecified atom stereocenters. The first-order chi connectivity index (χ1) is 16.4. The largest absolute Gasteiger partial charge is 0.487 e. The standard InChI is InChI=1S/C26H20FI2NO3S/c27-20-10-4-8-18(12-20)16-33-24-21(28)13-19(14-22(24)29)15-23-25(31)30(26(32)34-23)11-5-9-17-6-2-1-3-7-17/h1-4,6-8,10,12-15H,5,9,11,16H2/b23-15+. The minimum atomic E-state index is -0.296. The van der Waals surface area contributed by atoms with Gasteiger partial charge in [0.25, 0.3) is 11.1 Å². The summed E-state index contributed by atoms with van der Waals surface area (Å²) in [5.74, 6) is 0.158. The molecule has 1 saturated heterocycles. The van der Waals surface area contributed by atoms with Crippen LogP contribution in [0, 0.1) is 13.0 Å². The van der Waals surface area contributed by atoms with Crippen molar-refractivity contribution in [1.29, 1.82) is 0 Å². The van der Waals surface area contributed by atoms with E-state index in [0.717, 1.165) is 42.9 Å². The molecule has 34 heavy (non-hydrogen) atoms. The van der Waals surface area contributed by atoms with Crippen LogP contribution in [0.25, 0.3) is 6.08 Å². The lowest BCUT2D eigenvalue weighted by atomic mass is 10.1. The second-order valence-electron chi connectivity index (χ2n) is 7.65. The number of nitrogens with zero attached hydrogens (tertiary/aromatic N) is 1. The molecule has 0 saturated carbocycles. The van der Waals surface area contributed by atoms with Gasteiger partial charge in [-0.25, -0.2) is 4.39 Å². The minimum absolute atomic E-state index is 0.233. The Morgan fingerprint density at radius 2 is 1.65 bits per heavy atom. The first-order valence-corrected chi connectivity index (χ1v) is 13.5. The van der Waals surface area contributed by atoms with Crippen LogP contribution in [0.2, 0.25) is 0 Å². The number of aryl methyl sites for hydroxylation is 1. The molecule has 0 bridgehead atoms. The average Bonchev–Trinajstić information content (AvgIpc) is 3.06. The molecular formula is C26H20FI2NO3S. The van der Waals surface area contributed by atoms with E-state index in [0.29, 0.717) is 17.2 Å². The number of carbonyl (C=O) groups excluding carboxylic acids is 2. The average molecular weight is 699 g/mol. The van der Waals surface area contributed by atoms with Crippen molar-refractivity contribution in [2.24, 2.45) is 0 Å². The van der Waals surface area contributed by atoms with Crippen molar-refractivity contribution in [1.82, 2.24) is 4.90 Å². The van der Waals surface area contributed by atoms with E-state index in [4.69, 9.17) is 4.74 Å². The van der Waals surface area contributed by atoms with E-state index in [1.54, 1.807) is 12.1 Å². The van der Waals surface area contributed by atoms with E-state index < -0.39 is 0 Å². The van der Waals surface area contributed by atoms with Gasteiger partial charge in [-0.15, -0.1) is 0 Å². The molecule has 0 aliphatic carbocycles. The van der Waals surface area contributed by atoms with Gasteiger partial charge < -0.3 is 4.74 Å². The summed E-state index contributed by atoms with van der Waals surface area (Å²) >= 11 is 5.34. The van der Waals surface area contributed by atoms with E-state index in [2.05, 4.69) is 45.2 Å². The molecular weight excluding hydrogens is 679 g/mol. The Morgan fingerprint density at radius 3 is 2.35 bits per heavy atom. The Hall–Kier alpha value is -1.92. The summed E-state index contributed by atoms with van der Waals surface area (Å²) in [6, 6.07) is 20.2. The third kappa shape index (κ3) is 6.39. The highest BCUT2D eigenvalue weighted by Crippen LogP contribution is 2.35. The lowest BCUT2D eigenvalue weighted by Gasteiger charge is -2.12. The fourth-order valence-electron chi connectivity index (χ4n) is 3.51. The zero-order valence-corrected chi connectivity index (χ0v) is 23.1. The molecule has 4 nitrogen and oxygen atoms in total. The fourth-order valence-corrected chi connectivity index (χ4v) is 6.51. The predicted octanol–water partition coefficient (Wildman–Crippen LogP) is 7.28. The number of thioether (sulfide) groups is 1. The van der Waals surface area contributed by atoms with Gasteiger partial charge in [-0.3, -0.25) is 14.5 Å². The number of hydrogen-bond acceptors (Lipinski definition) is 4. The Bertz CT molecular complexity index is 1230. The molecule has 0 atom stereocenters. The molecule has 1 fully saturated rings. The second kappa shape index (κ2) is 11.7. The molecule has 0 N–H and O–H groups in total. The summed E-state index contributed by atoms with van der Waals surface area (Å²) in [6.45, 7) is 0.657. The number of amides is 2. The number of halogens is 3. The van der Waals surface area contributed by atoms with Crippen LogP contribution in [0.3, 0.4) is 0 Å². The Morgan fingerprint density at radius 1 is 0.941 bits per heavy atom. The molecule has 174 valence electrons. The number of rotatable bonds is 8. The molecule has 4 rings (SSSR count). The zero-order valence-electron chi connectivity index (χ0n) is 18.0. The van der Waals surface area contributed by atoms with Crippen LogP contribution in [0.15, 0.2) is 71.6 Å². The molecule has 1 aliphatic rings. The van der Waals surface area contributed by atoms with Crippen LogP contribution in [-0.2, 0) is 17.8 Å². The summed E-state index contributed by atoms with van der Waals surface area (Å²) < 4.78 is 21.1. The van der Waals surface area contributed by atoms with Gasteiger partial charge in [0.2, 0.25) is 0 Å². The predicted molar refractivity (Wildman–Crippen MR) is 150 cm³/mol. The topological polar surface area (TPSA) is 46.6 Å². The van der Waals surface area contributed by atoms with Crippen molar-refractivity contribution in [3.63, 3.8) is 0 Å². The molecule has 8 heteroatoms. The lowest BCUT2D eigenvalue weighted by molar-refractivity contribution is -0.122. The van der Waals surface area contributed by atoms with Gasteiger partial charge in [0, 0.05) is 6.54 Å². The number of hydrogen-bond donors (Lipinski definition) is 0. The molecule has 3 aromatic rings. The molecule has 0 aromatic heterocycles. The van der Waals surface area contributed by atoms with E-state index in [9.17, 15) is 14.0 Å². The number of ether oxygens (including phenoxy) is 1. The van der Waals surface area contributed by atoms with Crippen LogP contribution in [-0.4, -0.2) is 22.6 Å². The van der Waals surface area contributed by atoms with Crippen molar-refractivity contribution in [2.75, 3.05) is 6.54 Å². The first-order valence-electron chi connectivity index (χ1n) is 10.6. The van der Waals surface area contributed by atoms with Crippen molar-refractivity contribution in [2.45, 2.75) is 19.4 Å². The Labute approximate surface area is 229 Å². The fraction of sp³-hybridized carbons (Fsp3) is 0.154. The molecule has 1 aliphatic heterocycles. The van der Waals surface area contributed by atoms with E-state index in [-0.39, 0.29) is 23.6 Å². The van der Waals surface area contributed by atoms with Crippen LogP contribution in [0.1, 0.15) is 23.1 Å². The summed E-state index contributed by atoms with van der Waals surface area (Å²) in [5.41, 5.74) is 2.76. The SMILES string of the molecule is O=C1S/C(=C/c2cc(I)c(OCc3cccc(F)c3)c(I)c2)C(=O)N1CCCc1ccccc1. The zero-order chi connectivity index (χ0) is 24.1. The number of benzene rings is 3. The summed E-state index contributed by atoms with van der Waals surface area (Å²) in [7, 11) is 0. The summed E-state index contributed by atoms with van der Waals surface area (Å²) in [6.07, 6.45) is 3.29. The molecule has 1 heterocycles. The Kier molecular flexibility index (Phi) is 8.65. The maximum atomic E-state index is 13.4. The van der Waals surface area contributed by atoms with Gasteiger partial charge in [0.05, 0.1) is 12.0 Å². The van der Waals surface area contributed by atoms with E-state index >= 15 is 0 Å². The van der Waals surface area contributed by atoms with Gasteiger partial charge in [0.15, 0.2) is 0 Å². The molecule has 3 aromatic carbocycles. The molecule has 2 amide bonds. The van der Waals surface area contributed by atoms with Crippen molar-refractivity contribution < 1.29 is 18.7 Å². The van der Waals surface area contributed by atoms with Crippen LogP contribution >= 0.6 is 56.9 Å². The van der Waals surface area contributed by atoms with E-state index in [1.165, 1.54) is 22.6 Å². The normalized spacial score (nSPS) is 14.8. The minimum Gasteiger partial charge on any atom is -0.487 e. The smallest absolute Gasteiger partial charge is 0.293 e. The summed E-state index contributed by atoms with van der Waals surface area (Å²) in [5, 5.41) is -0.233. The van der Waals surface area contributed by atoms with Gasteiger partial charge in [0.1, 0.15) is 18.2 Å². The van der Waals surface area contributed by atoms with Gasteiger partial charge in [-0.2, -0.15) is 0 Å². The van der Waals surface area contributed by atoms with Crippen LogP contribution < -0.4 is 4.74 Å². The van der Waals surface area contributed by atoms with Crippen LogP contribution in [0.4, 0.5) is 9.18 Å². The first kappa shape index (κ1) is 25.2. The van der Waals surface area contributed by atoms with Crippen molar-refractivity contribution >= 4 is 74.2 Å². The Balaban J connectivity index is 1.41. The number of imide groups is 1. The molecule has 0 spiro atoms. The second-order valence-corrected chi connectivity index (χ2v) is 11.0. The highest BCUT2D eigenvalue weighted by atomic mass is 127. The van der Waals surface area contributed by atoms with Gasteiger partial charge in [-0.1, -0.05) is 42.5 Å². The maximum absolute atomic E-state index is 13.4. The highest BCUT2D eigenvalue weighted by molar-refractivity contribution is 14.1. The van der Waals surface area contributed by atoms with Gasteiger partial charge >= 0.3 is 0 Å². The van der Waals surface area contributed by atoms with E-state index in [1.807, 2.05) is 48.5 Å². The quantitative estimate of drug-likeness (QED) is 0.183. The van der Waals surface area contributed by atoms with Crippen molar-refractivity contribution in [3.05, 3.63) is 101 Å². The third-order valence-electron chi connectivity index (χ3n) is 5.15. The maximum Gasteiger partial charge on any atom is 0.293 e. The molecule has 0 radical (unpaired) electrons. The highest BCUT2D eigenvalue weighted by Gasteiger charge is 2.34. The monoisotopic (exact) mass is 699 g/mol. The lowest BCUT2D eigenvalue weighted by Crippen LogP contribution is -2.29. The third-order valence-corrected chi connectivity index (χ3v) is 7.66. The van der Waals surface area contributed by atoms with Crippen LogP contribution in [0.5, 0.6) is 5.75 Å².